The molecule has 17 heavy (non-hydrogen) atoms. The van der Waals surface area contributed by atoms with Crippen LogP contribution in [0.1, 0.15) is 31.0 Å². The van der Waals surface area contributed by atoms with E-state index in [2.05, 4.69) is 32.4 Å². The highest BCUT2D eigenvalue weighted by atomic mass is 127. The molecule has 0 N–H and O–H groups in total. The highest BCUT2D eigenvalue weighted by Crippen LogP contribution is 2.32. The molecule has 0 atom stereocenters. The highest BCUT2D eigenvalue weighted by Gasteiger charge is 2.28. The maximum absolute atomic E-state index is 11.4. The molecule has 2 heterocycles. The molecule has 1 fully saturated rings. The summed E-state index contributed by atoms with van der Waals surface area (Å²) in [5.74, 6) is 1.02. The van der Waals surface area contributed by atoms with Crippen LogP contribution in [-0.2, 0) is 24.3 Å². The Balaban J connectivity index is 1.86. The third-order valence-electron chi connectivity index (χ3n) is 3.66. The summed E-state index contributed by atoms with van der Waals surface area (Å²) < 4.78 is 3.26. The van der Waals surface area contributed by atoms with Gasteiger partial charge in [-0.25, -0.2) is 0 Å². The first-order valence-electron chi connectivity index (χ1n) is 6.14. The fourth-order valence-electron chi connectivity index (χ4n) is 2.41. The zero-order chi connectivity index (χ0) is 12.0. The molecule has 2 aliphatic rings. The lowest BCUT2D eigenvalue weighted by Gasteiger charge is -2.26. The average Bonchev–Trinajstić information content (AvgIpc) is 3.05. The van der Waals surface area contributed by atoms with Crippen LogP contribution in [0.25, 0.3) is 0 Å². The Morgan fingerprint density at radius 2 is 2.29 bits per heavy atom. The number of hydrogen-bond donors (Lipinski definition) is 0. The number of amides is 1. The molecule has 3 rings (SSSR count). The monoisotopic (exact) mass is 345 g/mol. The van der Waals surface area contributed by atoms with E-state index in [4.69, 9.17) is 0 Å². The Kier molecular flexibility index (Phi) is 2.88. The van der Waals surface area contributed by atoms with E-state index in [1.54, 1.807) is 6.92 Å². The molecule has 1 saturated carbocycles. The Morgan fingerprint density at radius 3 is 2.94 bits per heavy atom. The number of hydrogen-bond acceptors (Lipinski definition) is 2. The maximum atomic E-state index is 11.4. The molecule has 0 bridgehead atoms. The molecule has 92 valence electrons. The largest absolute Gasteiger partial charge is 0.338 e. The number of aromatic nitrogens is 2. The summed E-state index contributed by atoms with van der Waals surface area (Å²) in [7, 11) is 0. The summed E-state index contributed by atoms with van der Waals surface area (Å²) in [5.41, 5.74) is 2.63. The lowest BCUT2D eigenvalue weighted by Crippen LogP contribution is -2.34. The number of nitrogens with zero attached hydrogens (tertiary/aromatic N) is 3. The second-order valence-electron chi connectivity index (χ2n) is 5.03. The van der Waals surface area contributed by atoms with Crippen LogP contribution in [0.15, 0.2) is 0 Å². The molecule has 4 nitrogen and oxygen atoms in total. The maximum Gasteiger partial charge on any atom is 0.219 e. The van der Waals surface area contributed by atoms with Crippen LogP contribution < -0.4 is 0 Å². The normalized spacial score (nSPS) is 19.3. The molecule has 1 aliphatic carbocycles. The smallest absolute Gasteiger partial charge is 0.219 e. The fraction of sp³-hybridized carbons (Fsp3) is 0.667. The summed E-state index contributed by atoms with van der Waals surface area (Å²) in [5, 5.41) is 4.63. The molecule has 1 aromatic rings. The summed E-state index contributed by atoms with van der Waals surface area (Å²) in [6.45, 7) is 4.31. The van der Waals surface area contributed by atoms with E-state index < -0.39 is 0 Å². The van der Waals surface area contributed by atoms with Crippen LogP contribution in [0.4, 0.5) is 0 Å². The van der Waals surface area contributed by atoms with Crippen LogP contribution in [0, 0.1) is 9.62 Å². The van der Waals surface area contributed by atoms with Crippen molar-refractivity contribution < 1.29 is 4.79 Å². The van der Waals surface area contributed by atoms with Crippen molar-refractivity contribution in [2.75, 3.05) is 6.54 Å². The zero-order valence-electron chi connectivity index (χ0n) is 9.95. The standard InChI is InChI=1S/C12H16IN3O/c1-8(17)15-5-4-11-10(7-15)12(13)14-16(11)6-9-2-3-9/h9H,2-7H2,1H3. The van der Waals surface area contributed by atoms with Gasteiger partial charge >= 0.3 is 0 Å². The Morgan fingerprint density at radius 1 is 1.53 bits per heavy atom. The lowest BCUT2D eigenvalue weighted by atomic mass is 10.1. The Labute approximate surface area is 114 Å². The highest BCUT2D eigenvalue weighted by molar-refractivity contribution is 14.1. The SMILES string of the molecule is CC(=O)N1CCc2c(c(I)nn2CC2CC2)C1. The zero-order valence-corrected chi connectivity index (χ0v) is 12.1. The predicted octanol–water partition coefficient (Wildman–Crippen LogP) is 1.80. The van der Waals surface area contributed by atoms with Gasteiger partial charge in [0.25, 0.3) is 0 Å². The van der Waals surface area contributed by atoms with E-state index in [9.17, 15) is 4.79 Å². The van der Waals surface area contributed by atoms with Gasteiger partial charge in [0.2, 0.25) is 5.91 Å². The summed E-state index contributed by atoms with van der Waals surface area (Å²) in [4.78, 5) is 13.3. The van der Waals surface area contributed by atoms with E-state index in [0.717, 1.165) is 35.7 Å². The van der Waals surface area contributed by atoms with Crippen LogP contribution >= 0.6 is 22.6 Å². The van der Waals surface area contributed by atoms with Crippen molar-refractivity contribution in [1.29, 1.82) is 0 Å². The van der Waals surface area contributed by atoms with Crippen molar-refractivity contribution in [3.63, 3.8) is 0 Å². The summed E-state index contributed by atoms with van der Waals surface area (Å²) in [6.07, 6.45) is 3.66. The minimum absolute atomic E-state index is 0.168. The molecule has 0 unspecified atom stereocenters. The number of fused-ring (bicyclic) bond motifs is 1. The van der Waals surface area contributed by atoms with Crippen molar-refractivity contribution in [2.24, 2.45) is 5.92 Å². The molecule has 1 amide bonds. The van der Waals surface area contributed by atoms with Gasteiger partial charge in [0.05, 0.1) is 6.54 Å². The molecule has 1 aromatic heterocycles. The first-order valence-corrected chi connectivity index (χ1v) is 7.22. The number of carbonyl (C=O) groups is 1. The van der Waals surface area contributed by atoms with Gasteiger partial charge in [-0.15, -0.1) is 0 Å². The van der Waals surface area contributed by atoms with Crippen LogP contribution in [0.3, 0.4) is 0 Å². The minimum Gasteiger partial charge on any atom is -0.338 e. The second kappa shape index (κ2) is 4.26. The molecule has 0 aromatic carbocycles. The van der Waals surface area contributed by atoms with Crippen molar-refractivity contribution in [2.45, 2.75) is 39.3 Å². The molecular formula is C12H16IN3O. The van der Waals surface area contributed by atoms with E-state index in [1.807, 2.05) is 4.90 Å². The van der Waals surface area contributed by atoms with E-state index >= 15 is 0 Å². The lowest BCUT2D eigenvalue weighted by molar-refractivity contribution is -0.129. The molecular weight excluding hydrogens is 329 g/mol. The van der Waals surface area contributed by atoms with Crippen molar-refractivity contribution in [3.8, 4) is 0 Å². The molecule has 5 heteroatoms. The Bertz CT molecular complexity index is 465. The van der Waals surface area contributed by atoms with Crippen LogP contribution in [-0.4, -0.2) is 27.1 Å². The minimum atomic E-state index is 0.168. The first-order chi connectivity index (χ1) is 8.15. The second-order valence-corrected chi connectivity index (χ2v) is 6.05. The van der Waals surface area contributed by atoms with E-state index in [-0.39, 0.29) is 5.91 Å². The summed E-state index contributed by atoms with van der Waals surface area (Å²) >= 11 is 2.29. The topological polar surface area (TPSA) is 38.1 Å². The number of rotatable bonds is 2. The van der Waals surface area contributed by atoms with Crippen molar-refractivity contribution >= 4 is 28.5 Å². The number of carbonyl (C=O) groups excluding carboxylic acids is 1. The molecule has 0 saturated heterocycles. The molecule has 0 spiro atoms. The van der Waals surface area contributed by atoms with Gasteiger partial charge in [-0.1, -0.05) is 0 Å². The van der Waals surface area contributed by atoms with Gasteiger partial charge in [-0.05, 0) is 41.4 Å². The van der Waals surface area contributed by atoms with Gasteiger partial charge in [0.1, 0.15) is 3.70 Å². The quantitative estimate of drug-likeness (QED) is 0.767. The van der Waals surface area contributed by atoms with Crippen molar-refractivity contribution in [1.82, 2.24) is 14.7 Å². The summed E-state index contributed by atoms with van der Waals surface area (Å²) in [6, 6.07) is 0. The van der Waals surface area contributed by atoms with Gasteiger partial charge < -0.3 is 4.90 Å². The van der Waals surface area contributed by atoms with Gasteiger partial charge in [0, 0.05) is 37.7 Å². The van der Waals surface area contributed by atoms with E-state index in [0.29, 0.717) is 0 Å². The van der Waals surface area contributed by atoms with Crippen molar-refractivity contribution in [3.05, 3.63) is 15.0 Å². The third kappa shape index (κ3) is 2.21. The third-order valence-corrected chi connectivity index (χ3v) is 4.53. The van der Waals surface area contributed by atoms with Gasteiger partial charge in [-0.3, -0.25) is 9.48 Å². The number of halogens is 1. The molecule has 0 radical (unpaired) electrons. The fourth-order valence-corrected chi connectivity index (χ4v) is 3.16. The van der Waals surface area contributed by atoms with Gasteiger partial charge in [0.15, 0.2) is 0 Å². The van der Waals surface area contributed by atoms with Crippen LogP contribution in [0.2, 0.25) is 0 Å². The van der Waals surface area contributed by atoms with Crippen LogP contribution in [0.5, 0.6) is 0 Å². The first kappa shape index (κ1) is 11.5. The van der Waals surface area contributed by atoms with E-state index in [1.165, 1.54) is 24.1 Å². The molecule has 1 aliphatic heterocycles. The van der Waals surface area contributed by atoms with Gasteiger partial charge in [-0.2, -0.15) is 5.10 Å². The predicted molar refractivity (Wildman–Crippen MR) is 72.5 cm³/mol. The average molecular weight is 345 g/mol. The Hall–Kier alpha value is -0.590.